The van der Waals surface area contributed by atoms with Crippen molar-refractivity contribution in [3.8, 4) is 11.1 Å². The minimum Gasteiger partial charge on any atom is -0.466 e. The molecule has 0 unspecified atom stereocenters. The molecule has 0 radical (unpaired) electrons. The third-order valence-corrected chi connectivity index (χ3v) is 5.18. The highest BCUT2D eigenvalue weighted by Crippen LogP contribution is 2.22. The number of hydrogen-bond acceptors (Lipinski definition) is 6. The van der Waals surface area contributed by atoms with Crippen molar-refractivity contribution in [2.24, 2.45) is 5.92 Å². The zero-order valence-corrected chi connectivity index (χ0v) is 18.7. The summed E-state index contributed by atoms with van der Waals surface area (Å²) in [7, 11) is 0. The van der Waals surface area contributed by atoms with Crippen molar-refractivity contribution in [1.29, 1.82) is 0 Å². The maximum Gasteiger partial charge on any atom is 0.311 e. The minimum absolute atomic E-state index is 0.0665. The Balaban J connectivity index is 1.77. The molecule has 1 heterocycles. The molecular weight excluding hydrogens is 451 g/mol. The highest BCUT2D eigenvalue weighted by Gasteiger charge is 2.26. The summed E-state index contributed by atoms with van der Waals surface area (Å²) in [5.74, 6) is -2.27. The first-order chi connectivity index (χ1) is 15.9. The molecule has 2 atom stereocenters. The number of nitrogens with one attached hydrogen (secondary N) is 2. The van der Waals surface area contributed by atoms with Gasteiger partial charge >= 0.3 is 5.97 Å². The topological polar surface area (TPSA) is 117 Å². The summed E-state index contributed by atoms with van der Waals surface area (Å²) in [6.07, 6.45) is 0.515. The quantitative estimate of drug-likeness (QED) is 0.388. The van der Waals surface area contributed by atoms with Crippen LogP contribution in [-0.2, 0) is 16.0 Å². The number of carbonyl (C=O) groups excluding carboxylic acids is 2. The number of H-pyrrole nitrogens is 1. The zero-order valence-electron chi connectivity index (χ0n) is 17.9. The van der Waals surface area contributed by atoms with Gasteiger partial charge in [-0.3, -0.25) is 14.7 Å². The van der Waals surface area contributed by atoms with E-state index in [0.717, 1.165) is 16.7 Å². The summed E-state index contributed by atoms with van der Waals surface area (Å²) in [6.45, 7) is 1.45. The van der Waals surface area contributed by atoms with E-state index in [1.807, 2.05) is 30.3 Å². The summed E-state index contributed by atoms with van der Waals surface area (Å²) in [6, 6.07) is 13.2. The first-order valence-electron chi connectivity index (χ1n) is 10.4. The fourth-order valence-electron chi connectivity index (χ4n) is 3.42. The second-order valence-corrected chi connectivity index (χ2v) is 7.74. The van der Waals surface area contributed by atoms with E-state index in [1.54, 1.807) is 13.0 Å². The van der Waals surface area contributed by atoms with Gasteiger partial charge in [0.1, 0.15) is 5.82 Å². The summed E-state index contributed by atoms with van der Waals surface area (Å²) in [5.41, 5.74) is 2.46. The fourth-order valence-corrected chi connectivity index (χ4v) is 3.55. The van der Waals surface area contributed by atoms with Gasteiger partial charge < -0.3 is 15.2 Å². The smallest absolute Gasteiger partial charge is 0.311 e. The van der Waals surface area contributed by atoms with Gasteiger partial charge in [0.05, 0.1) is 19.1 Å². The van der Waals surface area contributed by atoms with Crippen LogP contribution < -0.4 is 5.32 Å². The van der Waals surface area contributed by atoms with E-state index in [2.05, 4.69) is 20.5 Å². The SMILES string of the molecule is CCOC(=O)[C@H](CO)C[C@@H](Cc1ccc(-c2cccc(F)c2)cc1)NC(=O)c1nc(Cl)n[nH]1. The zero-order chi connectivity index (χ0) is 23.8. The number of hydrogen-bond donors (Lipinski definition) is 3. The number of amides is 1. The van der Waals surface area contributed by atoms with Crippen LogP contribution in [0.25, 0.3) is 11.1 Å². The van der Waals surface area contributed by atoms with Gasteiger partial charge in [0.2, 0.25) is 11.1 Å². The van der Waals surface area contributed by atoms with Crippen molar-refractivity contribution in [3.05, 3.63) is 71.0 Å². The lowest BCUT2D eigenvalue weighted by molar-refractivity contribution is -0.149. The standard InChI is InChI=1S/C23H24ClFN4O4/c1-2-33-22(32)17(13-30)12-19(26-21(31)20-27-23(24)29-28-20)10-14-6-8-15(9-7-14)16-4-3-5-18(25)11-16/h3-9,11,17,19,30H,2,10,12-13H2,1H3,(H,26,31)(H,27,28,29)/t17-,19+/m0/s1. The Bertz CT molecular complexity index is 1090. The molecule has 1 amide bonds. The summed E-state index contributed by atoms with van der Waals surface area (Å²) >= 11 is 5.68. The van der Waals surface area contributed by atoms with E-state index >= 15 is 0 Å². The Labute approximate surface area is 195 Å². The van der Waals surface area contributed by atoms with Crippen LogP contribution in [0.4, 0.5) is 4.39 Å². The molecule has 8 nitrogen and oxygen atoms in total. The molecule has 33 heavy (non-hydrogen) atoms. The third kappa shape index (κ3) is 6.84. The van der Waals surface area contributed by atoms with Crippen LogP contribution >= 0.6 is 11.6 Å². The Morgan fingerprint density at radius 3 is 2.58 bits per heavy atom. The first kappa shape index (κ1) is 24.3. The van der Waals surface area contributed by atoms with Gasteiger partial charge in [-0.05, 0) is 60.2 Å². The molecule has 2 aromatic carbocycles. The molecule has 0 saturated carbocycles. The van der Waals surface area contributed by atoms with E-state index in [-0.39, 0.29) is 30.0 Å². The van der Waals surface area contributed by atoms with Gasteiger partial charge in [0.25, 0.3) is 5.91 Å². The lowest BCUT2D eigenvalue weighted by atomic mass is 9.94. The maximum absolute atomic E-state index is 13.5. The number of rotatable bonds is 10. The molecule has 0 saturated heterocycles. The second-order valence-electron chi connectivity index (χ2n) is 7.40. The molecule has 0 spiro atoms. The van der Waals surface area contributed by atoms with Crippen molar-refractivity contribution in [2.45, 2.75) is 25.8 Å². The molecular formula is C23H24ClFN4O4. The van der Waals surface area contributed by atoms with Gasteiger partial charge in [-0.25, -0.2) is 4.39 Å². The van der Waals surface area contributed by atoms with Crippen LogP contribution in [-0.4, -0.2) is 51.4 Å². The number of aliphatic hydroxyl groups excluding tert-OH is 1. The van der Waals surface area contributed by atoms with Crippen molar-refractivity contribution < 1.29 is 23.8 Å². The van der Waals surface area contributed by atoms with Crippen LogP contribution in [0.2, 0.25) is 5.28 Å². The molecule has 3 aromatic rings. The van der Waals surface area contributed by atoms with Crippen molar-refractivity contribution in [3.63, 3.8) is 0 Å². The maximum atomic E-state index is 13.5. The molecule has 0 fully saturated rings. The van der Waals surface area contributed by atoms with E-state index in [9.17, 15) is 19.1 Å². The third-order valence-electron chi connectivity index (χ3n) is 5.01. The Hall–Kier alpha value is -3.30. The Morgan fingerprint density at radius 1 is 1.21 bits per heavy atom. The number of benzene rings is 2. The van der Waals surface area contributed by atoms with Crippen molar-refractivity contribution >= 4 is 23.5 Å². The molecule has 1 aromatic heterocycles. The largest absolute Gasteiger partial charge is 0.466 e. The van der Waals surface area contributed by atoms with Gasteiger partial charge in [-0.1, -0.05) is 36.4 Å². The summed E-state index contributed by atoms with van der Waals surface area (Å²) in [4.78, 5) is 28.6. The highest BCUT2D eigenvalue weighted by molar-refractivity contribution is 6.28. The molecule has 3 rings (SSSR count). The van der Waals surface area contributed by atoms with E-state index < -0.39 is 30.4 Å². The van der Waals surface area contributed by atoms with Crippen LogP contribution in [0.5, 0.6) is 0 Å². The lowest BCUT2D eigenvalue weighted by Crippen LogP contribution is -2.40. The lowest BCUT2D eigenvalue weighted by Gasteiger charge is -2.22. The second kappa shape index (κ2) is 11.5. The number of ether oxygens (including phenoxy) is 1. The number of aromatic nitrogens is 3. The van der Waals surface area contributed by atoms with Gasteiger partial charge in [-0.15, -0.1) is 5.10 Å². The number of aliphatic hydroxyl groups is 1. The summed E-state index contributed by atoms with van der Waals surface area (Å²) < 4.78 is 18.5. The number of esters is 1. The summed E-state index contributed by atoms with van der Waals surface area (Å²) in [5, 5.41) is 18.5. The van der Waals surface area contributed by atoms with E-state index in [4.69, 9.17) is 16.3 Å². The predicted molar refractivity (Wildman–Crippen MR) is 120 cm³/mol. The first-order valence-corrected chi connectivity index (χ1v) is 10.8. The molecule has 3 N–H and O–H groups in total. The van der Waals surface area contributed by atoms with E-state index in [0.29, 0.717) is 6.42 Å². The fraction of sp³-hybridized carbons (Fsp3) is 0.304. The average molecular weight is 475 g/mol. The number of halogens is 2. The van der Waals surface area contributed by atoms with Gasteiger partial charge in [-0.2, -0.15) is 4.98 Å². The Morgan fingerprint density at radius 2 is 1.97 bits per heavy atom. The number of nitrogens with zero attached hydrogens (tertiary/aromatic N) is 2. The van der Waals surface area contributed by atoms with E-state index in [1.165, 1.54) is 12.1 Å². The number of aromatic amines is 1. The number of carbonyl (C=O) groups is 2. The average Bonchev–Trinajstić information content (AvgIpc) is 3.24. The predicted octanol–water partition coefficient (Wildman–Crippen LogP) is 3.17. The normalized spacial score (nSPS) is 12.7. The van der Waals surface area contributed by atoms with Crippen molar-refractivity contribution in [1.82, 2.24) is 20.5 Å². The van der Waals surface area contributed by atoms with Gasteiger partial charge in [0, 0.05) is 6.04 Å². The minimum atomic E-state index is -0.805. The van der Waals surface area contributed by atoms with Gasteiger partial charge in [0.15, 0.2) is 0 Å². The van der Waals surface area contributed by atoms with Crippen LogP contribution in [0.1, 0.15) is 29.5 Å². The van der Waals surface area contributed by atoms with Crippen LogP contribution in [0.3, 0.4) is 0 Å². The molecule has 0 aliphatic rings. The highest BCUT2D eigenvalue weighted by atomic mass is 35.5. The molecule has 0 bridgehead atoms. The van der Waals surface area contributed by atoms with Crippen LogP contribution in [0.15, 0.2) is 48.5 Å². The van der Waals surface area contributed by atoms with Crippen molar-refractivity contribution in [2.75, 3.05) is 13.2 Å². The molecule has 10 heteroatoms. The molecule has 0 aliphatic carbocycles. The molecule has 0 aliphatic heterocycles. The Kier molecular flexibility index (Phi) is 8.51. The van der Waals surface area contributed by atoms with Crippen LogP contribution in [0, 0.1) is 11.7 Å². The molecule has 174 valence electrons. The monoisotopic (exact) mass is 474 g/mol.